The molecule has 0 fully saturated rings. The van der Waals surface area contributed by atoms with Crippen molar-refractivity contribution in [2.75, 3.05) is 0 Å². The van der Waals surface area contributed by atoms with E-state index >= 15 is 0 Å². The lowest BCUT2D eigenvalue weighted by atomic mass is 10.0. The number of para-hydroxylation sites is 1. The molecule has 0 spiro atoms. The second-order valence-electron chi connectivity index (χ2n) is 5.12. The lowest BCUT2D eigenvalue weighted by Crippen LogP contribution is -2.03. The van der Waals surface area contributed by atoms with Crippen molar-refractivity contribution in [3.8, 4) is 5.75 Å². The maximum absolute atomic E-state index is 11.7. The molecule has 0 aliphatic heterocycles. The normalized spacial score (nSPS) is 11.8. The van der Waals surface area contributed by atoms with Crippen LogP contribution in [0.3, 0.4) is 0 Å². The molecule has 0 radical (unpaired) electrons. The molecule has 110 valence electrons. The van der Waals surface area contributed by atoms with Crippen LogP contribution in [-0.2, 0) is 0 Å². The predicted molar refractivity (Wildman–Crippen MR) is 87.2 cm³/mol. The Kier molecular flexibility index (Phi) is 3.51. The molecule has 0 aliphatic rings. The molecule has 0 saturated carbocycles. The molecular weight excluding hydrogens is 278 g/mol. The molecule has 0 bridgehead atoms. The zero-order chi connectivity index (χ0) is 15.7. The first-order valence-electron chi connectivity index (χ1n) is 6.93. The van der Waals surface area contributed by atoms with Gasteiger partial charge in [-0.25, -0.2) is 4.79 Å². The van der Waals surface area contributed by atoms with Crippen molar-refractivity contribution in [3.63, 3.8) is 0 Å². The second kappa shape index (κ2) is 5.48. The summed E-state index contributed by atoms with van der Waals surface area (Å²) in [5, 5.41) is 11.0. The van der Waals surface area contributed by atoms with E-state index in [9.17, 15) is 9.90 Å². The number of phenols is 1. The van der Waals surface area contributed by atoms with Gasteiger partial charge in [0.25, 0.3) is 0 Å². The van der Waals surface area contributed by atoms with Gasteiger partial charge in [-0.1, -0.05) is 18.2 Å². The molecular formula is C18H15NO3. The number of phenolic OH excluding ortho intramolecular Hbond substituents is 1. The molecule has 1 N–H and O–H groups in total. The molecule has 4 nitrogen and oxygen atoms in total. The van der Waals surface area contributed by atoms with Gasteiger partial charge in [-0.2, -0.15) is 0 Å². The summed E-state index contributed by atoms with van der Waals surface area (Å²) in [5.41, 5.74) is 2.53. The van der Waals surface area contributed by atoms with E-state index in [4.69, 9.17) is 4.42 Å². The Balaban J connectivity index is 2.28. The van der Waals surface area contributed by atoms with E-state index in [1.165, 1.54) is 6.07 Å². The lowest BCUT2D eigenvalue weighted by molar-refractivity contribution is 0.471. The summed E-state index contributed by atoms with van der Waals surface area (Å²) in [6.45, 7) is 3.62. The molecule has 3 rings (SSSR count). The van der Waals surface area contributed by atoms with Gasteiger partial charge in [0.05, 0.1) is 17.0 Å². The van der Waals surface area contributed by atoms with E-state index in [2.05, 4.69) is 4.99 Å². The minimum atomic E-state index is -0.440. The number of benzene rings is 2. The maximum atomic E-state index is 11.7. The Morgan fingerprint density at radius 3 is 2.59 bits per heavy atom. The van der Waals surface area contributed by atoms with E-state index in [-0.39, 0.29) is 5.75 Å². The van der Waals surface area contributed by atoms with Gasteiger partial charge in [0, 0.05) is 11.5 Å². The summed E-state index contributed by atoms with van der Waals surface area (Å²) in [4.78, 5) is 16.2. The van der Waals surface area contributed by atoms with Crippen molar-refractivity contribution in [1.82, 2.24) is 0 Å². The molecule has 3 aromatic rings. The Morgan fingerprint density at radius 2 is 1.86 bits per heavy atom. The van der Waals surface area contributed by atoms with E-state index in [0.29, 0.717) is 16.9 Å². The standard InChI is InChI=1S/C18H15NO3/c1-11-10-16(21)22-18-14(11)8-9-15(20)17(18)12(2)19-13-6-4-3-5-7-13/h3-10,20H,1-2H3. The van der Waals surface area contributed by atoms with E-state index in [1.54, 1.807) is 19.1 Å². The van der Waals surface area contributed by atoms with Crippen LogP contribution < -0.4 is 5.63 Å². The zero-order valence-electron chi connectivity index (χ0n) is 12.3. The van der Waals surface area contributed by atoms with Crippen molar-refractivity contribution < 1.29 is 9.52 Å². The van der Waals surface area contributed by atoms with Crippen molar-refractivity contribution in [2.24, 2.45) is 4.99 Å². The van der Waals surface area contributed by atoms with Gasteiger partial charge < -0.3 is 9.52 Å². The topological polar surface area (TPSA) is 62.8 Å². The van der Waals surface area contributed by atoms with Crippen molar-refractivity contribution in [3.05, 3.63) is 70.1 Å². The van der Waals surface area contributed by atoms with E-state index in [1.807, 2.05) is 37.3 Å². The second-order valence-corrected chi connectivity index (χ2v) is 5.12. The number of aromatic hydroxyl groups is 1. The van der Waals surface area contributed by atoms with Crippen molar-refractivity contribution in [1.29, 1.82) is 0 Å². The quantitative estimate of drug-likeness (QED) is 0.575. The molecule has 1 heterocycles. The average molecular weight is 293 g/mol. The minimum absolute atomic E-state index is 0.0402. The first-order chi connectivity index (χ1) is 10.6. The number of hydrogen-bond acceptors (Lipinski definition) is 4. The summed E-state index contributed by atoms with van der Waals surface area (Å²) in [6.07, 6.45) is 0. The molecule has 0 saturated heterocycles. The third kappa shape index (κ3) is 2.51. The molecule has 2 aromatic carbocycles. The number of aryl methyl sites for hydroxylation is 1. The van der Waals surface area contributed by atoms with Crippen LogP contribution in [0, 0.1) is 6.92 Å². The highest BCUT2D eigenvalue weighted by Gasteiger charge is 2.14. The smallest absolute Gasteiger partial charge is 0.336 e. The fourth-order valence-electron chi connectivity index (χ4n) is 2.48. The molecule has 0 aliphatic carbocycles. The van der Waals surface area contributed by atoms with Crippen LogP contribution in [-0.4, -0.2) is 10.8 Å². The highest BCUT2D eigenvalue weighted by atomic mass is 16.4. The summed E-state index contributed by atoms with van der Waals surface area (Å²) >= 11 is 0. The van der Waals surface area contributed by atoms with Crippen LogP contribution in [0.25, 0.3) is 11.0 Å². The number of aliphatic imine (C=N–C) groups is 1. The highest BCUT2D eigenvalue weighted by Crippen LogP contribution is 2.29. The van der Waals surface area contributed by atoms with Gasteiger partial charge in [0.2, 0.25) is 0 Å². The Labute approximate surface area is 127 Å². The van der Waals surface area contributed by atoms with Crippen LogP contribution in [0.4, 0.5) is 5.69 Å². The minimum Gasteiger partial charge on any atom is -0.507 e. The Morgan fingerprint density at radius 1 is 1.14 bits per heavy atom. The summed E-state index contributed by atoms with van der Waals surface area (Å²) in [6, 6.07) is 14.2. The summed E-state index contributed by atoms with van der Waals surface area (Å²) in [7, 11) is 0. The van der Waals surface area contributed by atoms with Crippen molar-refractivity contribution >= 4 is 22.4 Å². The van der Waals surface area contributed by atoms with Crippen LogP contribution in [0.5, 0.6) is 5.75 Å². The lowest BCUT2D eigenvalue weighted by Gasteiger charge is -2.09. The highest BCUT2D eigenvalue weighted by molar-refractivity contribution is 6.11. The number of nitrogens with zero attached hydrogens (tertiary/aromatic N) is 1. The predicted octanol–water partition coefficient (Wildman–Crippen LogP) is 3.95. The molecule has 22 heavy (non-hydrogen) atoms. The molecule has 0 unspecified atom stereocenters. The molecule has 4 heteroatoms. The van der Waals surface area contributed by atoms with Crippen molar-refractivity contribution in [2.45, 2.75) is 13.8 Å². The summed E-state index contributed by atoms with van der Waals surface area (Å²) < 4.78 is 5.32. The van der Waals surface area contributed by atoms with Gasteiger partial charge in [0.15, 0.2) is 5.58 Å². The van der Waals surface area contributed by atoms with Gasteiger partial charge in [-0.05, 0) is 43.7 Å². The molecule has 0 amide bonds. The van der Waals surface area contributed by atoms with Gasteiger partial charge in [0.1, 0.15) is 5.75 Å². The maximum Gasteiger partial charge on any atom is 0.336 e. The van der Waals surface area contributed by atoms with E-state index in [0.717, 1.165) is 16.6 Å². The van der Waals surface area contributed by atoms with Crippen LogP contribution in [0.15, 0.2) is 62.7 Å². The first kappa shape index (κ1) is 14.1. The van der Waals surface area contributed by atoms with Crippen LogP contribution in [0.1, 0.15) is 18.1 Å². The Hall–Kier alpha value is -2.88. The SMILES string of the molecule is CC(=Nc1ccccc1)c1c(O)ccc2c(C)cc(=O)oc12. The van der Waals surface area contributed by atoms with Crippen LogP contribution >= 0.6 is 0 Å². The molecule has 1 aromatic heterocycles. The molecule has 0 atom stereocenters. The summed E-state index contributed by atoms with van der Waals surface area (Å²) in [5.74, 6) is 0.0402. The fraction of sp³-hybridized carbons (Fsp3) is 0.111. The number of fused-ring (bicyclic) bond motifs is 1. The number of rotatable bonds is 2. The first-order valence-corrected chi connectivity index (χ1v) is 6.93. The third-order valence-corrected chi connectivity index (χ3v) is 3.51. The van der Waals surface area contributed by atoms with Gasteiger partial charge in [-0.15, -0.1) is 0 Å². The third-order valence-electron chi connectivity index (χ3n) is 3.51. The fourth-order valence-corrected chi connectivity index (χ4v) is 2.48. The zero-order valence-corrected chi connectivity index (χ0v) is 12.3. The largest absolute Gasteiger partial charge is 0.507 e. The van der Waals surface area contributed by atoms with Crippen LogP contribution in [0.2, 0.25) is 0 Å². The average Bonchev–Trinajstić information content (AvgIpc) is 2.47. The monoisotopic (exact) mass is 293 g/mol. The van der Waals surface area contributed by atoms with Gasteiger partial charge in [-0.3, -0.25) is 4.99 Å². The van der Waals surface area contributed by atoms with Gasteiger partial charge >= 0.3 is 5.63 Å². The van der Waals surface area contributed by atoms with E-state index < -0.39 is 5.63 Å². The Bertz CT molecular complexity index is 924. The number of hydrogen-bond donors (Lipinski definition) is 1.